The Hall–Kier alpha value is -2.34. The van der Waals surface area contributed by atoms with Crippen molar-refractivity contribution in [2.24, 2.45) is 5.92 Å². The number of rotatable bonds is 6. The molecule has 1 unspecified atom stereocenters. The van der Waals surface area contributed by atoms with Crippen molar-refractivity contribution in [2.75, 3.05) is 0 Å². The van der Waals surface area contributed by atoms with Gasteiger partial charge >= 0.3 is 5.97 Å². The third-order valence-corrected chi connectivity index (χ3v) is 3.65. The van der Waals surface area contributed by atoms with Crippen LogP contribution in [0.2, 0.25) is 5.02 Å². The zero-order chi connectivity index (χ0) is 17.0. The average Bonchev–Trinajstić information content (AvgIpc) is 2.94. The number of carboxylic acid groups (broad SMARTS) is 1. The number of nitrogens with zero attached hydrogens (tertiary/aromatic N) is 2. The Labute approximate surface area is 139 Å². The number of nitrogens with one attached hydrogen (secondary N) is 1. The predicted molar refractivity (Wildman–Crippen MR) is 86.4 cm³/mol. The van der Waals surface area contributed by atoms with Crippen LogP contribution < -0.4 is 5.32 Å². The number of hydrogen-bond acceptors (Lipinski definition) is 3. The number of carbonyl (C=O) groups is 2. The van der Waals surface area contributed by atoms with Crippen molar-refractivity contribution in [1.29, 1.82) is 0 Å². The molecule has 6 nitrogen and oxygen atoms in total. The molecular formula is C16H18ClN3O3. The lowest BCUT2D eigenvalue weighted by molar-refractivity contribution is -0.122. The van der Waals surface area contributed by atoms with Crippen LogP contribution in [0.3, 0.4) is 0 Å². The minimum absolute atomic E-state index is 0.0376. The highest BCUT2D eigenvalue weighted by Crippen LogP contribution is 2.23. The van der Waals surface area contributed by atoms with Crippen molar-refractivity contribution in [3.63, 3.8) is 0 Å². The van der Waals surface area contributed by atoms with E-state index in [0.29, 0.717) is 5.02 Å². The fourth-order valence-corrected chi connectivity index (χ4v) is 2.36. The lowest BCUT2D eigenvalue weighted by atomic mass is 9.96. The van der Waals surface area contributed by atoms with Crippen LogP contribution in [0, 0.1) is 5.92 Å². The second kappa shape index (κ2) is 7.28. The summed E-state index contributed by atoms with van der Waals surface area (Å²) in [5.41, 5.74) is 1.01. The first-order chi connectivity index (χ1) is 10.9. The van der Waals surface area contributed by atoms with Crippen molar-refractivity contribution < 1.29 is 14.7 Å². The highest BCUT2D eigenvalue weighted by atomic mass is 35.5. The molecule has 0 aliphatic rings. The van der Waals surface area contributed by atoms with E-state index in [1.807, 2.05) is 26.0 Å². The fourth-order valence-electron chi connectivity index (χ4n) is 2.23. The standard InChI is InChI=1S/C16H18ClN3O3/c1-10(2)15(11-3-5-13(17)6-4-11)19-14(21)9-20-8-12(7-18-20)16(22)23/h3-8,10,15H,9H2,1-2H3,(H,19,21)(H,22,23). The molecule has 2 aromatic rings. The van der Waals surface area contributed by atoms with Gasteiger partial charge in [-0.15, -0.1) is 0 Å². The van der Waals surface area contributed by atoms with Gasteiger partial charge < -0.3 is 10.4 Å². The summed E-state index contributed by atoms with van der Waals surface area (Å²) in [7, 11) is 0. The minimum atomic E-state index is -1.07. The summed E-state index contributed by atoms with van der Waals surface area (Å²) in [5.74, 6) is -1.12. The Bertz CT molecular complexity index is 695. The Morgan fingerprint density at radius 2 is 1.96 bits per heavy atom. The Morgan fingerprint density at radius 1 is 1.30 bits per heavy atom. The van der Waals surface area contributed by atoms with Gasteiger partial charge in [-0.2, -0.15) is 5.10 Å². The van der Waals surface area contributed by atoms with E-state index in [1.165, 1.54) is 17.1 Å². The smallest absolute Gasteiger partial charge is 0.338 e. The second-order valence-corrected chi connectivity index (χ2v) is 6.01. The zero-order valence-electron chi connectivity index (χ0n) is 12.9. The van der Waals surface area contributed by atoms with Gasteiger partial charge in [0.25, 0.3) is 0 Å². The molecule has 1 aromatic carbocycles. The van der Waals surface area contributed by atoms with E-state index in [4.69, 9.17) is 16.7 Å². The summed E-state index contributed by atoms with van der Waals surface area (Å²) in [6.07, 6.45) is 2.54. The molecule has 1 amide bonds. The van der Waals surface area contributed by atoms with E-state index < -0.39 is 5.97 Å². The van der Waals surface area contributed by atoms with Crippen LogP contribution >= 0.6 is 11.6 Å². The molecule has 1 aromatic heterocycles. The molecule has 0 spiro atoms. The highest BCUT2D eigenvalue weighted by molar-refractivity contribution is 6.30. The number of benzene rings is 1. The van der Waals surface area contributed by atoms with Crippen molar-refractivity contribution in [2.45, 2.75) is 26.4 Å². The lowest BCUT2D eigenvalue weighted by Gasteiger charge is -2.23. The average molecular weight is 336 g/mol. The maximum absolute atomic E-state index is 12.2. The molecule has 23 heavy (non-hydrogen) atoms. The first-order valence-corrected chi connectivity index (χ1v) is 7.55. The van der Waals surface area contributed by atoms with Gasteiger partial charge in [0.2, 0.25) is 5.91 Å². The van der Waals surface area contributed by atoms with Crippen molar-refractivity contribution in [1.82, 2.24) is 15.1 Å². The molecular weight excluding hydrogens is 318 g/mol. The summed E-state index contributed by atoms with van der Waals surface area (Å²) in [6.45, 7) is 3.98. The number of carbonyl (C=O) groups excluding carboxylic acids is 1. The van der Waals surface area contributed by atoms with Crippen molar-refractivity contribution in [3.8, 4) is 0 Å². The number of aromatic nitrogens is 2. The molecule has 122 valence electrons. The molecule has 2 N–H and O–H groups in total. The summed E-state index contributed by atoms with van der Waals surface area (Å²) in [6, 6.07) is 7.16. The van der Waals surface area contributed by atoms with Gasteiger partial charge in [0.1, 0.15) is 6.54 Å². The molecule has 1 atom stereocenters. The topological polar surface area (TPSA) is 84.2 Å². The number of amides is 1. The largest absolute Gasteiger partial charge is 0.478 e. The summed E-state index contributed by atoms with van der Waals surface area (Å²) >= 11 is 5.89. The van der Waals surface area contributed by atoms with Gasteiger partial charge in [-0.25, -0.2) is 4.79 Å². The van der Waals surface area contributed by atoms with Gasteiger partial charge in [-0.3, -0.25) is 9.48 Å². The summed E-state index contributed by atoms with van der Waals surface area (Å²) in [5, 5.41) is 16.3. The molecule has 0 aliphatic heterocycles. The van der Waals surface area contributed by atoms with E-state index >= 15 is 0 Å². The van der Waals surface area contributed by atoms with Crippen LogP contribution in [-0.4, -0.2) is 26.8 Å². The molecule has 0 bridgehead atoms. The van der Waals surface area contributed by atoms with Crippen LogP contribution in [0.1, 0.15) is 35.8 Å². The summed E-state index contributed by atoms with van der Waals surface area (Å²) in [4.78, 5) is 23.0. The van der Waals surface area contributed by atoms with E-state index in [1.54, 1.807) is 12.1 Å². The van der Waals surface area contributed by atoms with E-state index in [2.05, 4.69) is 10.4 Å². The zero-order valence-corrected chi connectivity index (χ0v) is 13.6. The highest BCUT2D eigenvalue weighted by Gasteiger charge is 2.19. The van der Waals surface area contributed by atoms with E-state index in [9.17, 15) is 9.59 Å². The molecule has 2 rings (SSSR count). The molecule has 0 fully saturated rings. The molecule has 0 radical (unpaired) electrons. The molecule has 1 heterocycles. The van der Waals surface area contributed by atoms with Crippen LogP contribution in [-0.2, 0) is 11.3 Å². The van der Waals surface area contributed by atoms with Crippen molar-refractivity contribution >= 4 is 23.5 Å². The Kier molecular flexibility index (Phi) is 5.39. The number of aromatic carboxylic acids is 1. The third-order valence-electron chi connectivity index (χ3n) is 3.40. The van der Waals surface area contributed by atoms with Gasteiger partial charge in [0.15, 0.2) is 0 Å². The maximum Gasteiger partial charge on any atom is 0.338 e. The van der Waals surface area contributed by atoms with Gasteiger partial charge in [-0.1, -0.05) is 37.6 Å². The second-order valence-electron chi connectivity index (χ2n) is 5.57. The number of carboxylic acids is 1. The normalized spacial score (nSPS) is 12.2. The fraction of sp³-hybridized carbons (Fsp3) is 0.312. The van der Waals surface area contributed by atoms with Crippen LogP contribution in [0.4, 0.5) is 0 Å². The summed E-state index contributed by atoms with van der Waals surface area (Å²) < 4.78 is 1.30. The number of halogens is 1. The lowest BCUT2D eigenvalue weighted by Crippen LogP contribution is -2.34. The first kappa shape index (κ1) is 17.0. The third kappa shape index (κ3) is 4.56. The van der Waals surface area contributed by atoms with Gasteiger partial charge in [-0.05, 0) is 23.6 Å². The molecule has 0 aliphatic carbocycles. The SMILES string of the molecule is CC(C)C(NC(=O)Cn1cc(C(=O)O)cn1)c1ccc(Cl)cc1. The molecule has 7 heteroatoms. The maximum atomic E-state index is 12.2. The van der Waals surface area contributed by atoms with Crippen molar-refractivity contribution in [3.05, 3.63) is 52.8 Å². The minimum Gasteiger partial charge on any atom is -0.478 e. The Morgan fingerprint density at radius 3 is 2.48 bits per heavy atom. The van der Waals surface area contributed by atoms with Gasteiger partial charge in [0.05, 0.1) is 17.8 Å². The number of hydrogen-bond donors (Lipinski definition) is 2. The van der Waals surface area contributed by atoms with Crippen LogP contribution in [0.15, 0.2) is 36.7 Å². The van der Waals surface area contributed by atoms with E-state index in [-0.39, 0.29) is 30.0 Å². The van der Waals surface area contributed by atoms with Crippen LogP contribution in [0.5, 0.6) is 0 Å². The van der Waals surface area contributed by atoms with Gasteiger partial charge in [0, 0.05) is 11.2 Å². The predicted octanol–water partition coefficient (Wildman–Crippen LogP) is 2.75. The quantitative estimate of drug-likeness (QED) is 0.850. The first-order valence-electron chi connectivity index (χ1n) is 7.17. The Balaban J connectivity index is 2.05. The molecule has 0 saturated heterocycles. The van der Waals surface area contributed by atoms with E-state index in [0.717, 1.165) is 5.56 Å². The monoisotopic (exact) mass is 335 g/mol. The molecule has 0 saturated carbocycles. The van der Waals surface area contributed by atoms with Crippen LogP contribution in [0.25, 0.3) is 0 Å².